The molecule has 1 aromatic rings. The fraction of sp³-hybridized carbons (Fsp3) is 0.357. The molecular weight excluding hydrogens is 246 g/mol. The Bertz CT molecular complexity index is 497. The lowest BCUT2D eigenvalue weighted by atomic mass is 10.1. The Hall–Kier alpha value is -2.17. The van der Waals surface area contributed by atoms with Crippen LogP contribution in [0.2, 0.25) is 0 Å². The summed E-state index contributed by atoms with van der Waals surface area (Å²) in [6.45, 7) is 1.87. The Morgan fingerprint density at radius 3 is 2.58 bits per heavy atom. The first-order chi connectivity index (χ1) is 9.09. The van der Waals surface area contributed by atoms with E-state index in [0.717, 1.165) is 4.90 Å². The van der Waals surface area contributed by atoms with Crippen LogP contribution >= 0.6 is 0 Å². The van der Waals surface area contributed by atoms with Gasteiger partial charge in [0.25, 0.3) is 0 Å². The third-order valence-corrected chi connectivity index (χ3v) is 3.03. The van der Waals surface area contributed by atoms with Crippen molar-refractivity contribution in [3.63, 3.8) is 0 Å². The highest BCUT2D eigenvalue weighted by atomic mass is 16.5. The number of amides is 2. The molecule has 2 amide bonds. The van der Waals surface area contributed by atoms with E-state index in [0.29, 0.717) is 5.56 Å². The molecule has 5 heteroatoms. The minimum Gasteiger partial charge on any atom is -0.460 e. The van der Waals surface area contributed by atoms with Gasteiger partial charge in [0.05, 0.1) is 12.1 Å². The van der Waals surface area contributed by atoms with Crippen LogP contribution < -0.4 is 0 Å². The lowest BCUT2D eigenvalue weighted by Crippen LogP contribution is -2.33. The van der Waals surface area contributed by atoms with Gasteiger partial charge in [0.15, 0.2) is 0 Å². The van der Waals surface area contributed by atoms with E-state index in [1.807, 2.05) is 0 Å². The molecule has 100 valence electrons. The SMILES string of the molecule is CC1CC(=O)N(CCOC(=O)c2ccccc2)C1=O. The zero-order valence-corrected chi connectivity index (χ0v) is 10.7. The topological polar surface area (TPSA) is 63.7 Å². The van der Waals surface area contributed by atoms with Crippen molar-refractivity contribution in [2.75, 3.05) is 13.2 Å². The van der Waals surface area contributed by atoms with E-state index in [2.05, 4.69) is 0 Å². The predicted octanol–water partition coefficient (Wildman–Crippen LogP) is 1.24. The van der Waals surface area contributed by atoms with E-state index in [1.165, 1.54) is 0 Å². The number of rotatable bonds is 4. The van der Waals surface area contributed by atoms with Crippen molar-refractivity contribution in [3.8, 4) is 0 Å². The van der Waals surface area contributed by atoms with Crippen LogP contribution in [0.3, 0.4) is 0 Å². The van der Waals surface area contributed by atoms with Gasteiger partial charge in [-0.25, -0.2) is 4.79 Å². The molecule has 1 atom stereocenters. The van der Waals surface area contributed by atoms with Crippen molar-refractivity contribution in [3.05, 3.63) is 35.9 Å². The van der Waals surface area contributed by atoms with Crippen LogP contribution in [-0.2, 0) is 14.3 Å². The highest BCUT2D eigenvalue weighted by molar-refractivity contribution is 6.03. The van der Waals surface area contributed by atoms with E-state index in [-0.39, 0.29) is 37.3 Å². The summed E-state index contributed by atoms with van der Waals surface area (Å²) in [6, 6.07) is 8.59. The van der Waals surface area contributed by atoms with Crippen LogP contribution in [-0.4, -0.2) is 35.8 Å². The van der Waals surface area contributed by atoms with Gasteiger partial charge in [-0.1, -0.05) is 25.1 Å². The first-order valence-electron chi connectivity index (χ1n) is 6.16. The summed E-state index contributed by atoms with van der Waals surface area (Å²) in [5.41, 5.74) is 0.454. The van der Waals surface area contributed by atoms with Crippen LogP contribution in [0.1, 0.15) is 23.7 Å². The quantitative estimate of drug-likeness (QED) is 0.604. The Morgan fingerprint density at radius 2 is 2.00 bits per heavy atom. The van der Waals surface area contributed by atoms with Gasteiger partial charge in [-0.2, -0.15) is 0 Å². The van der Waals surface area contributed by atoms with Gasteiger partial charge in [-0.15, -0.1) is 0 Å². The minimum absolute atomic E-state index is 0.0257. The van der Waals surface area contributed by atoms with Gasteiger partial charge in [-0.05, 0) is 12.1 Å². The zero-order valence-electron chi connectivity index (χ0n) is 10.7. The third kappa shape index (κ3) is 2.99. The lowest BCUT2D eigenvalue weighted by Gasteiger charge is -2.14. The van der Waals surface area contributed by atoms with Gasteiger partial charge in [0, 0.05) is 12.3 Å². The van der Waals surface area contributed by atoms with Crippen LogP contribution in [0.4, 0.5) is 0 Å². The summed E-state index contributed by atoms with van der Waals surface area (Å²) >= 11 is 0. The van der Waals surface area contributed by atoms with Crippen LogP contribution in [0.25, 0.3) is 0 Å². The molecule has 1 fully saturated rings. The van der Waals surface area contributed by atoms with Crippen molar-refractivity contribution < 1.29 is 19.1 Å². The van der Waals surface area contributed by atoms with Crippen molar-refractivity contribution >= 4 is 17.8 Å². The molecule has 1 unspecified atom stereocenters. The van der Waals surface area contributed by atoms with Crippen molar-refractivity contribution in [1.29, 1.82) is 0 Å². The highest BCUT2D eigenvalue weighted by Gasteiger charge is 2.35. The summed E-state index contributed by atoms with van der Waals surface area (Å²) in [7, 11) is 0. The molecule has 1 aliphatic rings. The Morgan fingerprint density at radius 1 is 1.32 bits per heavy atom. The summed E-state index contributed by atoms with van der Waals surface area (Å²) in [4.78, 5) is 35.9. The molecule has 0 bridgehead atoms. The van der Waals surface area contributed by atoms with E-state index in [9.17, 15) is 14.4 Å². The number of esters is 1. The first kappa shape index (κ1) is 13.3. The van der Waals surface area contributed by atoms with E-state index >= 15 is 0 Å². The maximum Gasteiger partial charge on any atom is 0.338 e. The molecule has 0 spiro atoms. The molecule has 19 heavy (non-hydrogen) atoms. The zero-order chi connectivity index (χ0) is 13.8. The number of likely N-dealkylation sites (tertiary alicyclic amines) is 1. The fourth-order valence-corrected chi connectivity index (χ4v) is 1.97. The van der Waals surface area contributed by atoms with E-state index in [1.54, 1.807) is 37.3 Å². The predicted molar refractivity (Wildman–Crippen MR) is 67.2 cm³/mol. The highest BCUT2D eigenvalue weighted by Crippen LogP contribution is 2.18. The third-order valence-electron chi connectivity index (χ3n) is 3.03. The lowest BCUT2D eigenvalue weighted by molar-refractivity contribution is -0.139. The Kier molecular flexibility index (Phi) is 3.94. The monoisotopic (exact) mass is 261 g/mol. The molecule has 5 nitrogen and oxygen atoms in total. The molecular formula is C14H15NO4. The number of nitrogens with zero attached hydrogens (tertiary/aromatic N) is 1. The number of carbonyl (C=O) groups is 3. The molecule has 2 rings (SSSR count). The van der Waals surface area contributed by atoms with Crippen LogP contribution in [0.15, 0.2) is 30.3 Å². The van der Waals surface area contributed by atoms with Gasteiger partial charge >= 0.3 is 5.97 Å². The summed E-state index contributed by atoms with van der Waals surface area (Å²) in [6.07, 6.45) is 0.242. The van der Waals surface area contributed by atoms with E-state index in [4.69, 9.17) is 4.74 Å². The maximum atomic E-state index is 11.6. The second kappa shape index (κ2) is 5.65. The summed E-state index contributed by atoms with van der Waals surface area (Å²) < 4.78 is 5.04. The van der Waals surface area contributed by atoms with Crippen molar-refractivity contribution in [1.82, 2.24) is 4.90 Å². The van der Waals surface area contributed by atoms with Crippen molar-refractivity contribution in [2.24, 2.45) is 5.92 Å². The largest absolute Gasteiger partial charge is 0.460 e. The number of benzene rings is 1. The normalized spacial score (nSPS) is 18.8. The second-order valence-electron chi connectivity index (χ2n) is 4.49. The van der Waals surface area contributed by atoms with Gasteiger partial charge in [0.1, 0.15) is 6.61 Å². The number of ether oxygens (including phenoxy) is 1. The molecule has 1 saturated heterocycles. The number of imide groups is 1. The smallest absolute Gasteiger partial charge is 0.338 e. The number of hydrogen-bond donors (Lipinski definition) is 0. The van der Waals surface area contributed by atoms with Gasteiger partial charge in [0.2, 0.25) is 11.8 Å². The summed E-state index contributed by atoms with van der Waals surface area (Å²) in [5, 5.41) is 0. The van der Waals surface area contributed by atoms with E-state index < -0.39 is 5.97 Å². The maximum absolute atomic E-state index is 11.6. The molecule has 1 aromatic carbocycles. The molecule has 0 N–H and O–H groups in total. The average Bonchev–Trinajstić information content (AvgIpc) is 2.66. The minimum atomic E-state index is -0.451. The molecule has 0 radical (unpaired) electrons. The molecule has 1 aliphatic heterocycles. The number of hydrogen-bond acceptors (Lipinski definition) is 4. The standard InChI is InChI=1S/C14H15NO4/c1-10-9-12(16)15(13(10)17)7-8-19-14(18)11-5-3-2-4-6-11/h2-6,10H,7-9H2,1H3. The first-order valence-corrected chi connectivity index (χ1v) is 6.16. The van der Waals surface area contributed by atoms with Gasteiger partial charge < -0.3 is 4.74 Å². The Balaban J connectivity index is 1.83. The molecule has 0 aromatic heterocycles. The average molecular weight is 261 g/mol. The molecule has 0 saturated carbocycles. The molecule has 0 aliphatic carbocycles. The fourth-order valence-electron chi connectivity index (χ4n) is 1.97. The van der Waals surface area contributed by atoms with Crippen LogP contribution in [0, 0.1) is 5.92 Å². The Labute approximate surface area is 111 Å². The van der Waals surface area contributed by atoms with Crippen LogP contribution in [0.5, 0.6) is 0 Å². The van der Waals surface area contributed by atoms with Crippen molar-refractivity contribution in [2.45, 2.75) is 13.3 Å². The molecule has 1 heterocycles. The number of carbonyl (C=O) groups excluding carboxylic acids is 3. The second-order valence-corrected chi connectivity index (χ2v) is 4.49. The van der Waals surface area contributed by atoms with Gasteiger partial charge in [-0.3, -0.25) is 14.5 Å². The summed E-state index contributed by atoms with van der Waals surface area (Å²) in [5.74, 6) is -1.11.